The number of halogens is 1. The van der Waals surface area contributed by atoms with Crippen LogP contribution in [0.2, 0.25) is 5.02 Å². The zero-order valence-electron chi connectivity index (χ0n) is 11.5. The quantitative estimate of drug-likeness (QED) is 0.767. The van der Waals surface area contributed by atoms with Crippen molar-refractivity contribution in [2.24, 2.45) is 0 Å². The monoisotopic (exact) mass is 287 g/mol. The topological polar surface area (TPSA) is 51.0 Å². The first-order valence-electron chi connectivity index (χ1n) is 6.31. The Hall–Kier alpha value is -2.07. The molecule has 4 nitrogen and oxygen atoms in total. The van der Waals surface area contributed by atoms with E-state index in [1.807, 2.05) is 45.2 Å². The Morgan fingerprint density at radius 1 is 1.15 bits per heavy atom. The summed E-state index contributed by atoms with van der Waals surface area (Å²) in [6, 6.07) is 7.51. The van der Waals surface area contributed by atoms with Crippen molar-refractivity contribution in [1.82, 2.24) is 9.97 Å². The van der Waals surface area contributed by atoms with Crippen LogP contribution in [0.3, 0.4) is 0 Å². The summed E-state index contributed by atoms with van der Waals surface area (Å²) in [5.74, 6) is 2.24. The number of aryl methyl sites for hydroxylation is 1. The maximum Gasteiger partial charge on any atom is 0.154 e. The Balaban J connectivity index is 2.22. The Morgan fingerprint density at radius 3 is 2.70 bits per heavy atom. The Morgan fingerprint density at radius 2 is 1.95 bits per heavy atom. The van der Waals surface area contributed by atoms with Crippen LogP contribution in [0.5, 0.6) is 0 Å². The lowest BCUT2D eigenvalue weighted by Gasteiger charge is -2.08. The second-order valence-electron chi connectivity index (χ2n) is 4.64. The minimum atomic E-state index is 0.691. The first-order valence-corrected chi connectivity index (χ1v) is 6.69. The molecule has 2 heterocycles. The van der Waals surface area contributed by atoms with Crippen LogP contribution in [0.1, 0.15) is 11.4 Å². The fourth-order valence-electron chi connectivity index (χ4n) is 2.24. The second kappa shape index (κ2) is 4.80. The van der Waals surface area contributed by atoms with Gasteiger partial charge in [-0.15, -0.1) is 0 Å². The standard InChI is InChI=1S/C15H14ClN3O/c1-8-14(18-9(2)19-15(8)17-3)13-7-10-6-11(16)4-5-12(10)20-13/h4-7H,1-3H3,(H,17,18,19). The fraction of sp³-hybridized carbons (Fsp3) is 0.200. The molecular weight excluding hydrogens is 274 g/mol. The number of anilines is 1. The first kappa shape index (κ1) is 12.9. The van der Waals surface area contributed by atoms with Crippen LogP contribution in [0.25, 0.3) is 22.4 Å². The van der Waals surface area contributed by atoms with E-state index < -0.39 is 0 Å². The van der Waals surface area contributed by atoms with Crippen LogP contribution in [0, 0.1) is 13.8 Å². The average molecular weight is 288 g/mol. The molecular formula is C15H14ClN3O. The number of hydrogen-bond acceptors (Lipinski definition) is 4. The summed E-state index contributed by atoms with van der Waals surface area (Å²) >= 11 is 6.00. The number of nitrogens with one attached hydrogen (secondary N) is 1. The number of aromatic nitrogens is 2. The van der Waals surface area contributed by atoms with Crippen molar-refractivity contribution in [2.75, 3.05) is 12.4 Å². The number of furan rings is 1. The number of hydrogen-bond donors (Lipinski definition) is 1. The van der Waals surface area contributed by atoms with E-state index in [-0.39, 0.29) is 0 Å². The van der Waals surface area contributed by atoms with Gasteiger partial charge in [-0.25, -0.2) is 9.97 Å². The molecule has 2 aromatic heterocycles. The van der Waals surface area contributed by atoms with Gasteiger partial charge in [0.1, 0.15) is 22.9 Å². The van der Waals surface area contributed by atoms with E-state index in [1.54, 1.807) is 0 Å². The molecule has 0 radical (unpaired) electrons. The molecule has 0 spiro atoms. The molecule has 0 aliphatic rings. The Bertz CT molecular complexity index is 795. The summed E-state index contributed by atoms with van der Waals surface area (Å²) in [6.45, 7) is 3.84. The highest BCUT2D eigenvalue weighted by atomic mass is 35.5. The molecule has 0 aliphatic heterocycles. The molecule has 3 aromatic rings. The molecule has 0 fully saturated rings. The van der Waals surface area contributed by atoms with Gasteiger partial charge in [0.2, 0.25) is 0 Å². The van der Waals surface area contributed by atoms with E-state index in [1.165, 1.54) is 0 Å². The van der Waals surface area contributed by atoms with Crippen molar-refractivity contribution in [3.8, 4) is 11.5 Å². The van der Waals surface area contributed by atoms with Crippen molar-refractivity contribution < 1.29 is 4.42 Å². The number of nitrogens with zero attached hydrogens (tertiary/aromatic N) is 2. The van der Waals surface area contributed by atoms with Crippen LogP contribution < -0.4 is 5.32 Å². The maximum atomic E-state index is 6.00. The lowest BCUT2D eigenvalue weighted by Crippen LogP contribution is -2.02. The summed E-state index contributed by atoms with van der Waals surface area (Å²) < 4.78 is 5.87. The molecule has 3 rings (SSSR count). The van der Waals surface area contributed by atoms with Gasteiger partial charge in [0.15, 0.2) is 5.76 Å². The van der Waals surface area contributed by atoms with E-state index >= 15 is 0 Å². The molecule has 0 bridgehead atoms. The van der Waals surface area contributed by atoms with Crippen LogP contribution in [0.15, 0.2) is 28.7 Å². The van der Waals surface area contributed by atoms with Gasteiger partial charge in [-0.2, -0.15) is 0 Å². The molecule has 0 saturated heterocycles. The summed E-state index contributed by atoms with van der Waals surface area (Å²) in [7, 11) is 1.84. The van der Waals surface area contributed by atoms with E-state index in [0.717, 1.165) is 33.8 Å². The zero-order valence-corrected chi connectivity index (χ0v) is 12.2. The van der Waals surface area contributed by atoms with Gasteiger partial charge in [-0.05, 0) is 38.1 Å². The van der Waals surface area contributed by atoms with Gasteiger partial charge in [0.05, 0.1) is 0 Å². The fourth-order valence-corrected chi connectivity index (χ4v) is 2.42. The van der Waals surface area contributed by atoms with Crippen LogP contribution >= 0.6 is 11.6 Å². The smallest absolute Gasteiger partial charge is 0.154 e. The molecule has 5 heteroatoms. The molecule has 0 amide bonds. The summed E-state index contributed by atoms with van der Waals surface area (Å²) in [6.07, 6.45) is 0. The van der Waals surface area contributed by atoms with Gasteiger partial charge >= 0.3 is 0 Å². The highest BCUT2D eigenvalue weighted by molar-refractivity contribution is 6.31. The molecule has 0 atom stereocenters. The van der Waals surface area contributed by atoms with Crippen LogP contribution in [-0.4, -0.2) is 17.0 Å². The first-order chi connectivity index (χ1) is 9.58. The lowest BCUT2D eigenvalue weighted by molar-refractivity contribution is 0.627. The summed E-state index contributed by atoms with van der Waals surface area (Å²) in [4.78, 5) is 8.85. The third kappa shape index (κ3) is 2.12. The van der Waals surface area contributed by atoms with Gasteiger partial charge in [0, 0.05) is 23.0 Å². The highest BCUT2D eigenvalue weighted by Gasteiger charge is 2.14. The Labute approximate surface area is 121 Å². The number of fused-ring (bicyclic) bond motifs is 1. The van der Waals surface area contributed by atoms with Crippen molar-refractivity contribution in [2.45, 2.75) is 13.8 Å². The van der Waals surface area contributed by atoms with Crippen molar-refractivity contribution in [1.29, 1.82) is 0 Å². The van der Waals surface area contributed by atoms with Crippen molar-refractivity contribution in [3.63, 3.8) is 0 Å². The van der Waals surface area contributed by atoms with Crippen molar-refractivity contribution in [3.05, 3.63) is 40.7 Å². The van der Waals surface area contributed by atoms with Crippen molar-refractivity contribution >= 4 is 28.4 Å². The summed E-state index contributed by atoms with van der Waals surface area (Å²) in [5, 5.41) is 4.73. The van der Waals surface area contributed by atoms with E-state index in [2.05, 4.69) is 15.3 Å². The molecule has 0 aliphatic carbocycles. The maximum absolute atomic E-state index is 6.00. The largest absolute Gasteiger partial charge is 0.454 e. The van der Waals surface area contributed by atoms with Gasteiger partial charge in [-0.1, -0.05) is 11.6 Å². The lowest BCUT2D eigenvalue weighted by atomic mass is 10.1. The summed E-state index contributed by atoms with van der Waals surface area (Å²) in [5.41, 5.74) is 2.56. The third-order valence-corrected chi connectivity index (χ3v) is 3.44. The minimum Gasteiger partial charge on any atom is -0.454 e. The predicted octanol–water partition coefficient (Wildman–Crippen LogP) is 4.20. The predicted molar refractivity (Wildman–Crippen MR) is 81.3 cm³/mol. The second-order valence-corrected chi connectivity index (χ2v) is 5.07. The average Bonchev–Trinajstić information content (AvgIpc) is 2.83. The molecule has 20 heavy (non-hydrogen) atoms. The molecule has 1 aromatic carbocycles. The SMILES string of the molecule is CNc1nc(C)nc(-c2cc3cc(Cl)ccc3o2)c1C. The molecule has 0 saturated carbocycles. The van der Waals surface area contributed by atoms with Gasteiger partial charge < -0.3 is 9.73 Å². The van der Waals surface area contributed by atoms with Crippen LogP contribution in [-0.2, 0) is 0 Å². The van der Waals surface area contributed by atoms with E-state index in [0.29, 0.717) is 10.8 Å². The number of rotatable bonds is 2. The van der Waals surface area contributed by atoms with E-state index in [4.69, 9.17) is 16.0 Å². The minimum absolute atomic E-state index is 0.691. The Kier molecular flexibility index (Phi) is 3.10. The molecule has 1 N–H and O–H groups in total. The normalized spacial score (nSPS) is 11.0. The molecule has 102 valence electrons. The zero-order chi connectivity index (χ0) is 14.3. The van der Waals surface area contributed by atoms with E-state index in [9.17, 15) is 0 Å². The van der Waals surface area contributed by atoms with Gasteiger partial charge in [-0.3, -0.25) is 0 Å². The van der Waals surface area contributed by atoms with Gasteiger partial charge in [0.25, 0.3) is 0 Å². The third-order valence-electron chi connectivity index (χ3n) is 3.21. The molecule has 0 unspecified atom stereocenters. The van der Waals surface area contributed by atoms with Crippen LogP contribution in [0.4, 0.5) is 5.82 Å². The number of benzene rings is 1. The highest BCUT2D eigenvalue weighted by Crippen LogP contribution is 2.31.